The van der Waals surface area contributed by atoms with Crippen molar-refractivity contribution in [3.63, 3.8) is 0 Å². The molecule has 25 heavy (non-hydrogen) atoms. The van der Waals surface area contributed by atoms with E-state index in [1.54, 1.807) is 17.9 Å². The van der Waals surface area contributed by atoms with Crippen molar-refractivity contribution >= 4 is 5.78 Å². The predicted octanol–water partition coefficient (Wildman–Crippen LogP) is 3.20. The molecule has 0 spiro atoms. The minimum atomic E-state index is -0.410. The highest BCUT2D eigenvalue weighted by Gasteiger charge is 2.15. The van der Waals surface area contributed by atoms with E-state index in [0.717, 1.165) is 5.69 Å². The number of allylic oxidation sites excluding steroid dienone is 1. The number of nitrogens with zero attached hydrogens (tertiary/aromatic N) is 2. The summed E-state index contributed by atoms with van der Waals surface area (Å²) in [5.41, 5.74) is 1.75. The molecule has 1 aliphatic carbocycles. The van der Waals surface area contributed by atoms with Crippen LogP contribution < -0.4 is 10.7 Å². The molecule has 130 valence electrons. The molecule has 1 aliphatic rings. The average Bonchev–Trinajstić information content (AvgIpc) is 2.67. The predicted molar refractivity (Wildman–Crippen MR) is 98.2 cm³/mol. The Morgan fingerprint density at radius 2 is 1.88 bits per heavy atom. The Balaban J connectivity index is 1.85. The quantitative estimate of drug-likeness (QED) is 0.672. The van der Waals surface area contributed by atoms with Crippen molar-refractivity contribution in [2.45, 2.75) is 38.0 Å². The van der Waals surface area contributed by atoms with E-state index in [0.29, 0.717) is 5.92 Å². The first-order valence-corrected chi connectivity index (χ1v) is 8.77. The van der Waals surface area contributed by atoms with Crippen LogP contribution in [0.3, 0.4) is 0 Å². The van der Waals surface area contributed by atoms with Gasteiger partial charge in [-0.2, -0.15) is 5.10 Å². The Bertz CT molecular complexity index is 816. The summed E-state index contributed by atoms with van der Waals surface area (Å²) in [7, 11) is 1.69. The van der Waals surface area contributed by atoms with Crippen molar-refractivity contribution in [3.8, 4) is 5.69 Å². The van der Waals surface area contributed by atoms with Crippen LogP contribution >= 0.6 is 0 Å². The molecule has 0 radical (unpaired) electrons. The number of ketones is 1. The van der Waals surface area contributed by atoms with E-state index in [1.807, 2.05) is 12.1 Å². The van der Waals surface area contributed by atoms with E-state index >= 15 is 0 Å². The van der Waals surface area contributed by atoms with Gasteiger partial charge < -0.3 is 5.32 Å². The van der Waals surface area contributed by atoms with Crippen LogP contribution in [0.5, 0.6) is 0 Å². The zero-order chi connectivity index (χ0) is 17.6. The van der Waals surface area contributed by atoms with Crippen molar-refractivity contribution < 1.29 is 4.79 Å². The fraction of sp³-hybridized carbons (Fsp3) is 0.350. The fourth-order valence-corrected chi connectivity index (χ4v) is 3.30. The van der Waals surface area contributed by atoms with Gasteiger partial charge in [0.15, 0.2) is 5.69 Å². The molecule has 1 aromatic carbocycles. The molecule has 5 nitrogen and oxygen atoms in total. The van der Waals surface area contributed by atoms with E-state index in [9.17, 15) is 9.59 Å². The molecule has 1 aromatic heterocycles. The molecule has 0 unspecified atom stereocenters. The topological polar surface area (TPSA) is 64.0 Å². The number of nitrogens with one attached hydrogen (secondary N) is 1. The summed E-state index contributed by atoms with van der Waals surface area (Å²) < 4.78 is 1.58. The van der Waals surface area contributed by atoms with Gasteiger partial charge in [0.25, 0.3) is 0 Å². The van der Waals surface area contributed by atoms with E-state index in [-0.39, 0.29) is 11.1 Å². The summed E-state index contributed by atoms with van der Waals surface area (Å²) in [4.78, 5) is 24.0. The maximum atomic E-state index is 12.1. The molecule has 0 amide bonds. The Hall–Kier alpha value is -2.69. The molecular formula is C20H23N3O2. The molecule has 1 fully saturated rings. The van der Waals surface area contributed by atoms with Crippen LogP contribution in [0.2, 0.25) is 0 Å². The molecule has 0 aliphatic heterocycles. The number of hydrogen-bond acceptors (Lipinski definition) is 4. The maximum absolute atomic E-state index is 12.1. The normalized spacial score (nSPS) is 15.4. The summed E-state index contributed by atoms with van der Waals surface area (Å²) in [6.07, 6.45) is 10.8. The number of hydrogen-bond donors (Lipinski definition) is 1. The average molecular weight is 337 g/mol. The van der Waals surface area contributed by atoms with Crippen LogP contribution in [0.4, 0.5) is 0 Å². The summed E-state index contributed by atoms with van der Waals surface area (Å²) >= 11 is 0. The smallest absolute Gasteiger partial charge is 0.211 e. The first-order valence-electron chi connectivity index (χ1n) is 8.77. The summed E-state index contributed by atoms with van der Waals surface area (Å²) in [6, 6.07) is 9.64. The largest absolute Gasteiger partial charge is 0.394 e. The van der Waals surface area contributed by atoms with E-state index < -0.39 is 5.78 Å². The molecule has 0 saturated heterocycles. The van der Waals surface area contributed by atoms with Gasteiger partial charge in [0.05, 0.1) is 5.69 Å². The van der Waals surface area contributed by atoms with Crippen molar-refractivity contribution in [1.82, 2.24) is 15.1 Å². The first kappa shape index (κ1) is 17.1. The second-order valence-corrected chi connectivity index (χ2v) is 6.39. The first-order chi connectivity index (χ1) is 12.2. The summed E-state index contributed by atoms with van der Waals surface area (Å²) in [5.74, 6) is 0.237. The third kappa shape index (κ3) is 4.05. The van der Waals surface area contributed by atoms with Crippen molar-refractivity contribution in [2.24, 2.45) is 0 Å². The molecule has 1 heterocycles. The van der Waals surface area contributed by atoms with E-state index in [2.05, 4.69) is 22.5 Å². The zero-order valence-electron chi connectivity index (χ0n) is 14.4. The third-order valence-corrected chi connectivity index (χ3v) is 4.68. The SMILES string of the molecule is CNC=CC(=O)c1nn(-c2ccc(C3CCCCC3)cc2)ccc1=O. The number of carbonyl (C=O) groups excluding carboxylic acids is 1. The van der Waals surface area contributed by atoms with Crippen LogP contribution in [0.15, 0.2) is 53.6 Å². The van der Waals surface area contributed by atoms with Crippen LogP contribution in [0.25, 0.3) is 5.69 Å². The van der Waals surface area contributed by atoms with Gasteiger partial charge in [0.2, 0.25) is 11.2 Å². The lowest BCUT2D eigenvalue weighted by Gasteiger charge is -2.22. The van der Waals surface area contributed by atoms with E-state index in [4.69, 9.17) is 0 Å². The monoisotopic (exact) mass is 337 g/mol. The van der Waals surface area contributed by atoms with Crippen LogP contribution in [-0.4, -0.2) is 22.6 Å². The van der Waals surface area contributed by atoms with Crippen LogP contribution in [-0.2, 0) is 0 Å². The number of carbonyl (C=O) groups is 1. The minimum absolute atomic E-state index is 0.0784. The molecular weight excluding hydrogens is 314 g/mol. The maximum Gasteiger partial charge on any atom is 0.211 e. The third-order valence-electron chi connectivity index (χ3n) is 4.68. The van der Waals surface area contributed by atoms with Gasteiger partial charge >= 0.3 is 0 Å². The van der Waals surface area contributed by atoms with Crippen molar-refractivity contribution in [3.05, 3.63) is 70.3 Å². The van der Waals surface area contributed by atoms with Gasteiger partial charge in [-0.05, 0) is 36.5 Å². The number of benzene rings is 1. The summed E-state index contributed by atoms with van der Waals surface area (Å²) in [6.45, 7) is 0. The van der Waals surface area contributed by atoms with Gasteiger partial charge in [-0.15, -0.1) is 0 Å². The Kier molecular flexibility index (Phi) is 5.43. The van der Waals surface area contributed by atoms with Crippen molar-refractivity contribution in [1.29, 1.82) is 0 Å². The second-order valence-electron chi connectivity index (χ2n) is 6.39. The summed E-state index contributed by atoms with van der Waals surface area (Å²) in [5, 5.41) is 6.95. The lowest BCUT2D eigenvalue weighted by molar-refractivity contribution is 0.103. The molecule has 5 heteroatoms. The standard InChI is InChI=1S/C20H23N3O2/c1-21-13-11-18(24)20-19(25)12-14-23(22-20)17-9-7-16(8-10-17)15-5-3-2-4-6-15/h7-15,21H,2-6H2,1H3. The lowest BCUT2D eigenvalue weighted by Crippen LogP contribution is -2.20. The molecule has 0 atom stereocenters. The van der Waals surface area contributed by atoms with E-state index in [1.165, 1.54) is 56.0 Å². The molecule has 1 saturated carbocycles. The molecule has 3 rings (SSSR count). The molecule has 1 N–H and O–H groups in total. The highest BCUT2D eigenvalue weighted by atomic mass is 16.1. The Morgan fingerprint density at radius 1 is 1.16 bits per heavy atom. The fourth-order valence-electron chi connectivity index (χ4n) is 3.30. The number of rotatable bonds is 5. The van der Waals surface area contributed by atoms with Gasteiger partial charge in [-0.3, -0.25) is 9.59 Å². The second kappa shape index (κ2) is 7.92. The lowest BCUT2D eigenvalue weighted by atomic mass is 9.84. The number of aromatic nitrogens is 2. The zero-order valence-corrected chi connectivity index (χ0v) is 14.4. The van der Waals surface area contributed by atoms with Crippen LogP contribution in [0, 0.1) is 0 Å². The van der Waals surface area contributed by atoms with Gasteiger partial charge in [0.1, 0.15) is 0 Å². The Morgan fingerprint density at radius 3 is 2.56 bits per heavy atom. The Labute approximate surface area is 147 Å². The van der Waals surface area contributed by atoms with Gasteiger partial charge in [0, 0.05) is 31.6 Å². The van der Waals surface area contributed by atoms with Crippen LogP contribution in [0.1, 0.15) is 54.1 Å². The highest BCUT2D eigenvalue weighted by molar-refractivity contribution is 6.02. The van der Waals surface area contributed by atoms with Crippen molar-refractivity contribution in [2.75, 3.05) is 7.05 Å². The van der Waals surface area contributed by atoms with Gasteiger partial charge in [-0.1, -0.05) is 31.4 Å². The minimum Gasteiger partial charge on any atom is -0.394 e. The van der Waals surface area contributed by atoms with Gasteiger partial charge in [-0.25, -0.2) is 4.68 Å². The molecule has 0 bridgehead atoms. The highest BCUT2D eigenvalue weighted by Crippen LogP contribution is 2.32. The molecule has 2 aromatic rings.